The summed E-state index contributed by atoms with van der Waals surface area (Å²) in [5, 5.41) is 0.229. The summed E-state index contributed by atoms with van der Waals surface area (Å²) in [6, 6.07) is 8.98. The van der Waals surface area contributed by atoms with Gasteiger partial charge in [-0.2, -0.15) is 0 Å². The zero-order chi connectivity index (χ0) is 13.6. The number of fused-ring (bicyclic) bond motifs is 1. The van der Waals surface area contributed by atoms with Crippen LogP contribution in [0.3, 0.4) is 0 Å². The summed E-state index contributed by atoms with van der Waals surface area (Å²) in [6.07, 6.45) is 0. The van der Waals surface area contributed by atoms with Gasteiger partial charge in [0, 0.05) is 4.47 Å². The molecule has 0 unspecified atom stereocenters. The SMILES string of the molecule is Fc1c(Cl)c(Br)cc(Cl)c1-c1nc2ccccc2[nH]1. The van der Waals surface area contributed by atoms with Crippen LogP contribution in [-0.2, 0) is 0 Å². The molecule has 0 bridgehead atoms. The van der Waals surface area contributed by atoms with Crippen LogP contribution in [0.2, 0.25) is 10.0 Å². The van der Waals surface area contributed by atoms with Gasteiger partial charge in [0.1, 0.15) is 5.82 Å². The lowest BCUT2D eigenvalue weighted by Crippen LogP contribution is -1.90. The lowest BCUT2D eigenvalue weighted by atomic mass is 10.2. The molecule has 0 saturated heterocycles. The van der Waals surface area contributed by atoms with Crippen LogP contribution in [-0.4, -0.2) is 9.97 Å². The number of aromatic amines is 1. The molecule has 1 heterocycles. The number of nitrogens with one attached hydrogen (secondary N) is 1. The highest BCUT2D eigenvalue weighted by molar-refractivity contribution is 9.10. The number of halogens is 4. The topological polar surface area (TPSA) is 28.7 Å². The highest BCUT2D eigenvalue weighted by Crippen LogP contribution is 2.38. The maximum atomic E-state index is 14.2. The second kappa shape index (κ2) is 4.78. The third-order valence-electron chi connectivity index (χ3n) is 2.74. The van der Waals surface area contributed by atoms with E-state index in [1.807, 2.05) is 24.3 Å². The van der Waals surface area contributed by atoms with E-state index < -0.39 is 5.82 Å². The molecule has 3 rings (SSSR count). The summed E-state index contributed by atoms with van der Waals surface area (Å²) in [4.78, 5) is 7.35. The fourth-order valence-corrected chi connectivity index (χ4v) is 2.82. The van der Waals surface area contributed by atoms with Crippen molar-refractivity contribution in [2.45, 2.75) is 0 Å². The van der Waals surface area contributed by atoms with E-state index in [1.54, 1.807) is 6.07 Å². The Balaban J connectivity index is 2.29. The van der Waals surface area contributed by atoms with Crippen LogP contribution in [0.15, 0.2) is 34.8 Å². The van der Waals surface area contributed by atoms with Crippen molar-refractivity contribution in [1.82, 2.24) is 9.97 Å². The molecule has 2 nitrogen and oxygen atoms in total. The molecule has 3 aromatic rings. The Hall–Kier alpha value is -1.10. The van der Waals surface area contributed by atoms with Crippen LogP contribution in [0, 0.1) is 5.82 Å². The van der Waals surface area contributed by atoms with Crippen LogP contribution >= 0.6 is 39.1 Å². The van der Waals surface area contributed by atoms with E-state index >= 15 is 0 Å². The Labute approximate surface area is 126 Å². The Morgan fingerprint density at radius 2 is 1.95 bits per heavy atom. The molecule has 19 heavy (non-hydrogen) atoms. The van der Waals surface area contributed by atoms with Gasteiger partial charge in [-0.3, -0.25) is 0 Å². The summed E-state index contributed by atoms with van der Waals surface area (Å²) >= 11 is 15.1. The normalized spacial score (nSPS) is 11.2. The van der Waals surface area contributed by atoms with E-state index in [4.69, 9.17) is 23.2 Å². The molecule has 0 amide bonds. The third-order valence-corrected chi connectivity index (χ3v) is 4.26. The second-order valence-corrected chi connectivity index (χ2v) is 5.59. The van der Waals surface area contributed by atoms with Crippen molar-refractivity contribution in [3.05, 3.63) is 50.7 Å². The number of benzene rings is 2. The van der Waals surface area contributed by atoms with Crippen LogP contribution in [0.1, 0.15) is 0 Å². The maximum Gasteiger partial charge on any atom is 0.155 e. The highest BCUT2D eigenvalue weighted by Gasteiger charge is 2.19. The molecule has 0 fully saturated rings. The number of rotatable bonds is 1. The van der Waals surface area contributed by atoms with Crippen molar-refractivity contribution in [3.8, 4) is 11.4 Å². The van der Waals surface area contributed by atoms with Gasteiger partial charge in [-0.25, -0.2) is 9.37 Å². The molecule has 0 saturated carbocycles. The summed E-state index contributed by atoms with van der Waals surface area (Å²) in [6.45, 7) is 0. The number of hydrogen-bond donors (Lipinski definition) is 1. The average molecular weight is 360 g/mol. The third kappa shape index (κ3) is 2.14. The Kier molecular flexibility index (Phi) is 3.25. The maximum absolute atomic E-state index is 14.2. The summed E-state index contributed by atoms with van der Waals surface area (Å²) in [5.74, 6) is -0.238. The minimum Gasteiger partial charge on any atom is -0.338 e. The largest absolute Gasteiger partial charge is 0.338 e. The lowest BCUT2D eigenvalue weighted by Gasteiger charge is -2.06. The second-order valence-electron chi connectivity index (χ2n) is 3.95. The van der Waals surface area contributed by atoms with Gasteiger partial charge in [-0.15, -0.1) is 0 Å². The van der Waals surface area contributed by atoms with E-state index in [0.717, 1.165) is 11.0 Å². The number of para-hydroxylation sites is 2. The molecule has 0 aliphatic carbocycles. The summed E-state index contributed by atoms with van der Waals surface area (Å²) in [7, 11) is 0. The molecular weight excluding hydrogens is 354 g/mol. The fourth-order valence-electron chi connectivity index (χ4n) is 1.85. The molecule has 0 spiro atoms. The zero-order valence-corrected chi connectivity index (χ0v) is 12.4. The van der Waals surface area contributed by atoms with Crippen LogP contribution in [0.25, 0.3) is 22.4 Å². The molecule has 6 heteroatoms. The van der Waals surface area contributed by atoms with Gasteiger partial charge in [-0.05, 0) is 34.1 Å². The molecule has 96 valence electrons. The Bertz CT molecular complexity index is 753. The number of aromatic nitrogens is 2. The minimum absolute atomic E-state index is 0.0140. The first-order valence-corrected chi connectivity index (χ1v) is 6.91. The first-order chi connectivity index (χ1) is 9.08. The first kappa shape index (κ1) is 12.9. The molecular formula is C13H6BrCl2FN2. The molecule has 0 aliphatic rings. The molecule has 2 aromatic carbocycles. The average Bonchev–Trinajstić information content (AvgIpc) is 2.79. The lowest BCUT2D eigenvalue weighted by molar-refractivity contribution is 0.630. The molecule has 1 N–H and O–H groups in total. The van der Waals surface area contributed by atoms with Gasteiger partial charge in [0.05, 0.1) is 26.6 Å². The Morgan fingerprint density at radius 1 is 1.21 bits per heavy atom. The summed E-state index contributed by atoms with van der Waals surface area (Å²) in [5.41, 5.74) is 1.73. The summed E-state index contributed by atoms with van der Waals surface area (Å²) < 4.78 is 14.6. The van der Waals surface area contributed by atoms with E-state index in [2.05, 4.69) is 25.9 Å². The standard InChI is InChI=1S/C13H6BrCl2FN2/c14-6-5-7(15)10(12(17)11(6)16)13-18-8-3-1-2-4-9(8)19-13/h1-5H,(H,18,19). The number of hydrogen-bond acceptors (Lipinski definition) is 1. The van der Waals surface area contributed by atoms with Crippen LogP contribution in [0.4, 0.5) is 4.39 Å². The van der Waals surface area contributed by atoms with Gasteiger partial charge in [-0.1, -0.05) is 35.3 Å². The van der Waals surface area contributed by atoms with E-state index in [-0.39, 0.29) is 15.6 Å². The van der Waals surface area contributed by atoms with Gasteiger partial charge in [0.15, 0.2) is 5.82 Å². The first-order valence-electron chi connectivity index (χ1n) is 5.36. The quantitative estimate of drug-likeness (QED) is 0.455. The fraction of sp³-hybridized carbons (Fsp3) is 0. The van der Waals surface area contributed by atoms with E-state index in [0.29, 0.717) is 10.3 Å². The Morgan fingerprint density at radius 3 is 2.68 bits per heavy atom. The molecule has 0 radical (unpaired) electrons. The van der Waals surface area contributed by atoms with Crippen LogP contribution < -0.4 is 0 Å². The van der Waals surface area contributed by atoms with Crippen molar-refractivity contribution >= 4 is 50.2 Å². The van der Waals surface area contributed by atoms with Crippen molar-refractivity contribution < 1.29 is 4.39 Å². The predicted molar refractivity (Wildman–Crippen MR) is 79.2 cm³/mol. The van der Waals surface area contributed by atoms with Crippen molar-refractivity contribution in [2.75, 3.05) is 0 Å². The zero-order valence-electron chi connectivity index (χ0n) is 9.35. The van der Waals surface area contributed by atoms with E-state index in [9.17, 15) is 4.39 Å². The minimum atomic E-state index is -0.597. The van der Waals surface area contributed by atoms with Gasteiger partial charge in [0.25, 0.3) is 0 Å². The van der Waals surface area contributed by atoms with Crippen molar-refractivity contribution in [3.63, 3.8) is 0 Å². The predicted octanol–water partition coefficient (Wildman–Crippen LogP) is 5.44. The number of imidazole rings is 1. The molecule has 1 aromatic heterocycles. The van der Waals surface area contributed by atoms with Crippen molar-refractivity contribution in [2.24, 2.45) is 0 Å². The highest BCUT2D eigenvalue weighted by atomic mass is 79.9. The van der Waals surface area contributed by atoms with Crippen molar-refractivity contribution in [1.29, 1.82) is 0 Å². The van der Waals surface area contributed by atoms with E-state index in [1.165, 1.54) is 0 Å². The molecule has 0 atom stereocenters. The van der Waals surface area contributed by atoms with Gasteiger partial charge < -0.3 is 4.98 Å². The van der Waals surface area contributed by atoms with Crippen LogP contribution in [0.5, 0.6) is 0 Å². The van der Waals surface area contributed by atoms with Gasteiger partial charge >= 0.3 is 0 Å². The number of H-pyrrole nitrogens is 1. The molecule has 0 aliphatic heterocycles. The smallest absolute Gasteiger partial charge is 0.155 e. The van der Waals surface area contributed by atoms with Gasteiger partial charge in [0.2, 0.25) is 0 Å². The monoisotopic (exact) mass is 358 g/mol. The number of nitrogens with zero attached hydrogens (tertiary/aromatic N) is 1.